The van der Waals surface area contributed by atoms with Crippen LogP contribution in [0.2, 0.25) is 0 Å². The molecule has 0 fully saturated rings. The maximum Gasteiger partial charge on any atom is 0.347 e. The molecule has 0 aromatic rings. The monoisotopic (exact) mass is 179 g/mol. The van der Waals surface area contributed by atoms with Crippen molar-refractivity contribution >= 4 is 23.8 Å². The Bertz CT molecular complexity index is 138. The number of oxime groups is 1. The first-order valence-corrected chi connectivity index (χ1v) is 3.70. The van der Waals surface area contributed by atoms with Crippen molar-refractivity contribution in [3.63, 3.8) is 0 Å². The molecule has 0 N–H and O–H groups in total. The Kier molecular flexibility index (Phi) is 6.82. The zero-order valence-electron chi connectivity index (χ0n) is 6.25. The van der Waals surface area contributed by atoms with Crippen LogP contribution < -0.4 is 0 Å². The molecule has 5 heteroatoms. The highest BCUT2D eigenvalue weighted by molar-refractivity contribution is 6.24. The lowest BCUT2D eigenvalue weighted by Crippen LogP contribution is -2.10. The summed E-state index contributed by atoms with van der Waals surface area (Å²) in [4.78, 5) is 15.1. The van der Waals surface area contributed by atoms with Crippen molar-refractivity contribution in [1.82, 2.24) is 0 Å². The van der Waals surface area contributed by atoms with Crippen molar-refractivity contribution in [1.29, 1.82) is 0 Å². The quantitative estimate of drug-likeness (QED) is 0.271. The Hall–Kier alpha value is -0.770. The van der Waals surface area contributed by atoms with E-state index in [0.29, 0.717) is 6.61 Å². The van der Waals surface area contributed by atoms with Gasteiger partial charge in [0.05, 0.1) is 18.7 Å². The Morgan fingerprint density at radius 2 is 2.45 bits per heavy atom. The molecule has 0 aliphatic rings. The third-order valence-corrected chi connectivity index (χ3v) is 0.844. The van der Waals surface area contributed by atoms with Crippen LogP contribution in [0.25, 0.3) is 0 Å². The molecule has 0 amide bonds. The Balaban J connectivity index is 3.24. The number of carbonyl (C=O) groups excluding carboxylic acids is 1. The topological polar surface area (TPSA) is 47.9 Å². The van der Waals surface area contributed by atoms with Crippen LogP contribution in [-0.2, 0) is 14.4 Å². The van der Waals surface area contributed by atoms with Gasteiger partial charge in [0.2, 0.25) is 6.61 Å². The molecule has 0 rings (SSSR count). The minimum atomic E-state index is -0.431. The summed E-state index contributed by atoms with van der Waals surface area (Å²) >= 11 is 5.23. The van der Waals surface area contributed by atoms with Gasteiger partial charge in [0, 0.05) is 0 Å². The summed E-state index contributed by atoms with van der Waals surface area (Å²) in [7, 11) is 0. The summed E-state index contributed by atoms with van der Waals surface area (Å²) < 4.78 is 4.55. The zero-order chi connectivity index (χ0) is 8.53. The van der Waals surface area contributed by atoms with E-state index in [0.717, 1.165) is 0 Å². The average Bonchev–Trinajstić information content (AvgIpc) is 1.99. The second kappa shape index (κ2) is 7.34. The number of halogens is 1. The number of carbonyl (C=O) groups is 1. The standard InChI is InChI=1S/C6H10ClNO3/c1-2-10-6(9)5-11-8-4-3-7/h4H,2-3,5H2,1H3. The molecule has 64 valence electrons. The van der Waals surface area contributed by atoms with Crippen LogP contribution in [0, 0.1) is 0 Å². The van der Waals surface area contributed by atoms with Gasteiger partial charge < -0.3 is 9.57 Å². The predicted octanol–water partition coefficient (Wildman–Crippen LogP) is 0.791. The molecule has 0 radical (unpaired) electrons. The first-order valence-electron chi connectivity index (χ1n) is 3.16. The van der Waals surface area contributed by atoms with Crippen LogP contribution in [0.15, 0.2) is 5.16 Å². The number of hydrogen-bond donors (Lipinski definition) is 0. The van der Waals surface area contributed by atoms with Gasteiger partial charge in [-0.25, -0.2) is 4.79 Å². The van der Waals surface area contributed by atoms with E-state index in [-0.39, 0.29) is 12.5 Å². The van der Waals surface area contributed by atoms with Gasteiger partial charge in [0.25, 0.3) is 0 Å². The smallest absolute Gasteiger partial charge is 0.347 e. The number of esters is 1. The fourth-order valence-electron chi connectivity index (χ4n) is 0.374. The summed E-state index contributed by atoms with van der Waals surface area (Å²) in [6.45, 7) is 1.91. The lowest BCUT2D eigenvalue weighted by atomic mass is 10.7. The Labute approximate surface area is 70.1 Å². The van der Waals surface area contributed by atoms with Crippen molar-refractivity contribution in [2.24, 2.45) is 5.16 Å². The van der Waals surface area contributed by atoms with E-state index >= 15 is 0 Å². The number of nitrogens with zero attached hydrogens (tertiary/aromatic N) is 1. The van der Waals surface area contributed by atoms with E-state index in [1.165, 1.54) is 6.21 Å². The van der Waals surface area contributed by atoms with Gasteiger partial charge in [0.15, 0.2) is 0 Å². The molecule has 0 saturated carbocycles. The van der Waals surface area contributed by atoms with Gasteiger partial charge >= 0.3 is 5.97 Å². The summed E-state index contributed by atoms with van der Waals surface area (Å²) in [5, 5.41) is 3.35. The SMILES string of the molecule is CCOC(=O)CON=CCCl. The van der Waals surface area contributed by atoms with Gasteiger partial charge in [0.1, 0.15) is 0 Å². The van der Waals surface area contributed by atoms with E-state index in [1.54, 1.807) is 6.92 Å². The second-order valence-electron chi connectivity index (χ2n) is 1.52. The normalized spacial score (nSPS) is 10.0. The molecular weight excluding hydrogens is 170 g/mol. The summed E-state index contributed by atoms with van der Waals surface area (Å²) in [5.74, 6) is -0.165. The van der Waals surface area contributed by atoms with Gasteiger partial charge in [-0.3, -0.25) is 0 Å². The molecule has 0 bridgehead atoms. The number of rotatable bonds is 5. The minimum absolute atomic E-state index is 0.165. The van der Waals surface area contributed by atoms with Gasteiger partial charge in [-0.2, -0.15) is 0 Å². The van der Waals surface area contributed by atoms with Gasteiger partial charge in [-0.1, -0.05) is 5.16 Å². The van der Waals surface area contributed by atoms with Crippen molar-refractivity contribution < 1.29 is 14.4 Å². The fourth-order valence-corrected chi connectivity index (χ4v) is 0.430. The van der Waals surface area contributed by atoms with Crippen LogP contribution in [0.3, 0.4) is 0 Å². The lowest BCUT2D eigenvalue weighted by molar-refractivity contribution is -0.148. The van der Waals surface area contributed by atoms with Crippen LogP contribution in [-0.4, -0.2) is 31.3 Å². The number of alkyl halides is 1. The fraction of sp³-hybridized carbons (Fsp3) is 0.667. The molecular formula is C6H10ClNO3. The molecule has 0 unspecified atom stereocenters. The third-order valence-electron chi connectivity index (χ3n) is 0.706. The summed E-state index contributed by atoms with van der Waals surface area (Å²) in [6.07, 6.45) is 1.35. The largest absolute Gasteiger partial charge is 0.463 e. The average molecular weight is 180 g/mol. The molecule has 0 aliphatic heterocycles. The van der Waals surface area contributed by atoms with E-state index in [2.05, 4.69) is 14.7 Å². The minimum Gasteiger partial charge on any atom is -0.463 e. The van der Waals surface area contributed by atoms with Crippen molar-refractivity contribution in [2.45, 2.75) is 6.92 Å². The van der Waals surface area contributed by atoms with E-state index in [1.807, 2.05) is 0 Å². The zero-order valence-corrected chi connectivity index (χ0v) is 7.00. The predicted molar refractivity (Wildman–Crippen MR) is 41.8 cm³/mol. The first-order chi connectivity index (χ1) is 5.31. The molecule has 0 spiro atoms. The highest BCUT2D eigenvalue weighted by Gasteiger charge is 1.99. The van der Waals surface area contributed by atoms with Crippen LogP contribution in [0.5, 0.6) is 0 Å². The van der Waals surface area contributed by atoms with E-state index < -0.39 is 5.97 Å². The van der Waals surface area contributed by atoms with Crippen molar-refractivity contribution in [2.75, 3.05) is 19.1 Å². The van der Waals surface area contributed by atoms with Crippen LogP contribution >= 0.6 is 11.6 Å². The van der Waals surface area contributed by atoms with Gasteiger partial charge in [-0.05, 0) is 6.92 Å². The highest BCUT2D eigenvalue weighted by atomic mass is 35.5. The van der Waals surface area contributed by atoms with Crippen LogP contribution in [0.4, 0.5) is 0 Å². The number of hydrogen-bond acceptors (Lipinski definition) is 4. The summed E-state index contributed by atoms with van der Waals surface area (Å²) in [5.41, 5.74) is 0. The van der Waals surface area contributed by atoms with Crippen molar-refractivity contribution in [3.8, 4) is 0 Å². The van der Waals surface area contributed by atoms with Gasteiger partial charge in [-0.15, -0.1) is 11.6 Å². The molecule has 0 aromatic heterocycles. The molecule has 0 saturated heterocycles. The maximum atomic E-state index is 10.6. The first kappa shape index (κ1) is 10.2. The molecule has 0 aromatic carbocycles. The lowest BCUT2D eigenvalue weighted by Gasteiger charge is -1.98. The van der Waals surface area contributed by atoms with Crippen LogP contribution in [0.1, 0.15) is 6.92 Å². The van der Waals surface area contributed by atoms with Crippen molar-refractivity contribution in [3.05, 3.63) is 0 Å². The third kappa shape index (κ3) is 7.12. The molecule has 0 aliphatic carbocycles. The molecule has 4 nitrogen and oxygen atoms in total. The highest BCUT2D eigenvalue weighted by Crippen LogP contribution is 1.81. The second-order valence-corrected chi connectivity index (χ2v) is 1.83. The molecule has 11 heavy (non-hydrogen) atoms. The molecule has 0 atom stereocenters. The maximum absolute atomic E-state index is 10.6. The summed E-state index contributed by atoms with van der Waals surface area (Å²) in [6, 6.07) is 0. The Morgan fingerprint density at radius 3 is 3.00 bits per heavy atom. The number of ether oxygens (including phenoxy) is 1. The van der Waals surface area contributed by atoms with E-state index in [4.69, 9.17) is 11.6 Å². The Morgan fingerprint density at radius 1 is 1.73 bits per heavy atom. The van der Waals surface area contributed by atoms with E-state index in [9.17, 15) is 4.79 Å². The molecule has 0 heterocycles.